The van der Waals surface area contributed by atoms with Crippen molar-refractivity contribution in [2.75, 3.05) is 18.7 Å². The Morgan fingerprint density at radius 1 is 1.11 bits per heavy atom. The maximum Gasteiger partial charge on any atom is 0.343 e. The second kappa shape index (κ2) is 10.3. The van der Waals surface area contributed by atoms with Gasteiger partial charge in [-0.05, 0) is 56.4 Å². The molecule has 1 aliphatic carbocycles. The summed E-state index contributed by atoms with van der Waals surface area (Å²) in [6, 6.07) is 13.0. The van der Waals surface area contributed by atoms with Gasteiger partial charge in [-0.2, -0.15) is 5.06 Å². The Labute approximate surface area is 219 Å². The van der Waals surface area contributed by atoms with Crippen LogP contribution < -0.4 is 21.7 Å². The first-order valence-electron chi connectivity index (χ1n) is 12.7. The van der Waals surface area contributed by atoms with Gasteiger partial charge >= 0.3 is 12.0 Å². The van der Waals surface area contributed by atoms with Crippen LogP contribution in [0, 0.1) is 5.92 Å². The van der Waals surface area contributed by atoms with Crippen molar-refractivity contribution in [2.24, 2.45) is 11.7 Å². The van der Waals surface area contributed by atoms with Gasteiger partial charge in [0.2, 0.25) is 0 Å². The van der Waals surface area contributed by atoms with Gasteiger partial charge in [-0.3, -0.25) is 14.4 Å². The molecule has 0 radical (unpaired) electrons. The first kappa shape index (κ1) is 25.5. The zero-order valence-corrected chi connectivity index (χ0v) is 21.3. The van der Waals surface area contributed by atoms with Gasteiger partial charge in [-0.25, -0.2) is 9.59 Å². The Balaban J connectivity index is 1.55. The number of pyridine rings is 1. The van der Waals surface area contributed by atoms with Crippen molar-refractivity contribution < 1.29 is 24.0 Å². The Hall–Kier alpha value is -4.18. The van der Waals surface area contributed by atoms with Gasteiger partial charge in [0.1, 0.15) is 6.10 Å². The van der Waals surface area contributed by atoms with E-state index in [0.717, 1.165) is 24.3 Å². The van der Waals surface area contributed by atoms with Gasteiger partial charge in [0.25, 0.3) is 11.5 Å². The van der Waals surface area contributed by atoms with Gasteiger partial charge in [-0.1, -0.05) is 30.7 Å². The SMILES string of the molecule is COC(=O)c1cccc2c1c1c(c(=O)n2C2CCCC(CNC(=O)c3ccccc3)C2)C(C)ON1C(N)=O. The number of ether oxygens (including phenoxy) is 1. The van der Waals surface area contributed by atoms with E-state index in [1.54, 1.807) is 41.8 Å². The van der Waals surface area contributed by atoms with E-state index in [4.69, 9.17) is 15.3 Å². The molecule has 3 N–H and O–H groups in total. The van der Waals surface area contributed by atoms with Gasteiger partial charge < -0.3 is 20.4 Å². The fourth-order valence-electron chi connectivity index (χ4n) is 5.72. The second-order valence-corrected chi connectivity index (χ2v) is 9.77. The Morgan fingerprint density at radius 3 is 2.58 bits per heavy atom. The summed E-state index contributed by atoms with van der Waals surface area (Å²) in [7, 11) is 1.28. The lowest BCUT2D eigenvalue weighted by Crippen LogP contribution is -2.36. The minimum Gasteiger partial charge on any atom is -0.465 e. The zero-order valence-electron chi connectivity index (χ0n) is 21.3. The van der Waals surface area contributed by atoms with E-state index in [1.807, 2.05) is 18.2 Å². The van der Waals surface area contributed by atoms with Gasteiger partial charge in [0, 0.05) is 23.5 Å². The number of amides is 3. The number of nitrogens with zero attached hydrogens (tertiary/aromatic N) is 2. The molecule has 10 nitrogen and oxygen atoms in total. The number of primary amides is 1. The number of carbonyl (C=O) groups is 3. The highest BCUT2D eigenvalue weighted by Crippen LogP contribution is 2.43. The molecule has 5 rings (SSSR count). The minimum atomic E-state index is -0.888. The number of benzene rings is 2. The summed E-state index contributed by atoms with van der Waals surface area (Å²) in [6.45, 7) is 2.16. The molecule has 3 atom stereocenters. The third kappa shape index (κ3) is 4.41. The third-order valence-electron chi connectivity index (χ3n) is 7.43. The van der Waals surface area contributed by atoms with Crippen molar-refractivity contribution in [3.63, 3.8) is 0 Å². The summed E-state index contributed by atoms with van der Waals surface area (Å²) in [6.07, 6.45) is 2.48. The monoisotopic (exact) mass is 518 g/mol. The second-order valence-electron chi connectivity index (χ2n) is 9.77. The molecule has 38 heavy (non-hydrogen) atoms. The first-order valence-corrected chi connectivity index (χ1v) is 12.7. The van der Waals surface area contributed by atoms with Crippen LogP contribution in [0.1, 0.15) is 71.0 Å². The standard InChI is InChI=1S/C28H30N4O6/c1-16-22-24(32(38-16)28(29)36)23-20(27(35)37-2)12-7-13-21(23)31(26(22)34)19-11-6-8-17(14-19)15-30-25(33)18-9-4-3-5-10-18/h3-5,7,9-10,12-13,16-17,19H,6,8,11,14-15H2,1-2H3,(H2,29,36)(H,30,33). The van der Waals surface area contributed by atoms with Gasteiger partial charge in [-0.15, -0.1) is 0 Å². The fraction of sp³-hybridized carbons (Fsp3) is 0.357. The number of aromatic nitrogens is 1. The number of nitrogens with two attached hydrogens (primary N) is 1. The van der Waals surface area contributed by atoms with Gasteiger partial charge in [0.05, 0.1) is 29.4 Å². The lowest BCUT2D eigenvalue weighted by atomic mass is 9.84. The molecular formula is C28H30N4O6. The number of esters is 1. The summed E-state index contributed by atoms with van der Waals surface area (Å²) >= 11 is 0. The minimum absolute atomic E-state index is 0.131. The molecule has 3 aromatic rings. The molecule has 3 unspecified atom stereocenters. The highest BCUT2D eigenvalue weighted by molar-refractivity contribution is 6.12. The summed E-state index contributed by atoms with van der Waals surface area (Å²) in [5, 5.41) is 4.30. The van der Waals surface area contributed by atoms with Crippen LogP contribution in [0.2, 0.25) is 0 Å². The lowest BCUT2D eigenvalue weighted by molar-refractivity contribution is 0.0602. The van der Waals surface area contributed by atoms with Crippen molar-refractivity contribution in [1.82, 2.24) is 9.88 Å². The average molecular weight is 519 g/mol. The molecule has 0 bridgehead atoms. The zero-order chi connectivity index (χ0) is 27.0. The van der Waals surface area contributed by atoms with E-state index in [2.05, 4.69) is 5.32 Å². The van der Waals surface area contributed by atoms with Crippen molar-refractivity contribution in [3.05, 3.63) is 75.6 Å². The van der Waals surface area contributed by atoms with E-state index in [0.29, 0.717) is 29.4 Å². The highest BCUT2D eigenvalue weighted by Gasteiger charge is 2.39. The summed E-state index contributed by atoms with van der Waals surface area (Å²) in [5.41, 5.74) is 7.05. The Kier molecular flexibility index (Phi) is 6.90. The molecule has 3 amide bonds. The molecular weight excluding hydrogens is 488 g/mol. The molecule has 198 valence electrons. The van der Waals surface area contributed by atoms with Crippen molar-refractivity contribution in [3.8, 4) is 0 Å². The van der Waals surface area contributed by atoms with Crippen LogP contribution in [0.25, 0.3) is 10.9 Å². The average Bonchev–Trinajstić information content (AvgIpc) is 3.29. The van der Waals surface area contributed by atoms with Gasteiger partial charge in [0.15, 0.2) is 0 Å². The van der Waals surface area contributed by atoms with E-state index in [1.165, 1.54) is 7.11 Å². The molecule has 2 aromatic carbocycles. The highest BCUT2D eigenvalue weighted by atomic mass is 16.7. The number of nitrogens with one attached hydrogen (secondary N) is 1. The van der Waals surface area contributed by atoms with Crippen LogP contribution in [0.15, 0.2) is 53.3 Å². The Bertz CT molecular complexity index is 1470. The molecule has 1 aromatic heterocycles. The third-order valence-corrected chi connectivity index (χ3v) is 7.43. The van der Waals surface area contributed by atoms with Crippen molar-refractivity contribution >= 4 is 34.5 Å². The quantitative estimate of drug-likeness (QED) is 0.493. The number of rotatable bonds is 5. The predicted octanol–water partition coefficient (Wildman–Crippen LogP) is 3.84. The molecule has 10 heteroatoms. The smallest absolute Gasteiger partial charge is 0.343 e. The summed E-state index contributed by atoms with van der Waals surface area (Å²) in [4.78, 5) is 57.2. The van der Waals surface area contributed by atoms with Crippen LogP contribution in [0.5, 0.6) is 0 Å². The van der Waals surface area contributed by atoms with Crippen LogP contribution in [0.4, 0.5) is 10.5 Å². The molecule has 1 fully saturated rings. The van der Waals surface area contributed by atoms with E-state index in [9.17, 15) is 19.2 Å². The van der Waals surface area contributed by atoms with Crippen LogP contribution in [-0.4, -0.2) is 36.1 Å². The maximum atomic E-state index is 14.0. The summed E-state index contributed by atoms with van der Waals surface area (Å²) in [5.74, 6) is -0.568. The number of anilines is 1. The molecule has 2 heterocycles. The van der Waals surface area contributed by atoms with E-state index < -0.39 is 18.1 Å². The fourth-order valence-corrected chi connectivity index (χ4v) is 5.72. The maximum absolute atomic E-state index is 14.0. The molecule has 0 saturated heterocycles. The largest absolute Gasteiger partial charge is 0.465 e. The normalized spacial score (nSPS) is 20.7. The predicted molar refractivity (Wildman–Crippen MR) is 141 cm³/mol. The van der Waals surface area contributed by atoms with Crippen molar-refractivity contribution in [2.45, 2.75) is 44.8 Å². The number of hydrogen-bond donors (Lipinski definition) is 2. The summed E-state index contributed by atoms with van der Waals surface area (Å²) < 4.78 is 6.73. The first-order chi connectivity index (χ1) is 18.3. The van der Waals surface area contributed by atoms with E-state index in [-0.39, 0.29) is 40.2 Å². The Morgan fingerprint density at radius 2 is 1.87 bits per heavy atom. The number of fused-ring (bicyclic) bond motifs is 3. The molecule has 1 aliphatic heterocycles. The number of hydroxylamine groups is 1. The van der Waals surface area contributed by atoms with Crippen molar-refractivity contribution in [1.29, 1.82) is 0 Å². The number of carbonyl (C=O) groups excluding carboxylic acids is 3. The number of methoxy groups -OCH3 is 1. The van der Waals surface area contributed by atoms with Crippen LogP contribution >= 0.6 is 0 Å². The lowest BCUT2D eigenvalue weighted by Gasteiger charge is -2.32. The van der Waals surface area contributed by atoms with Crippen LogP contribution in [-0.2, 0) is 9.57 Å². The van der Waals surface area contributed by atoms with Crippen LogP contribution in [0.3, 0.4) is 0 Å². The topological polar surface area (TPSA) is 133 Å². The number of urea groups is 1. The molecule has 0 spiro atoms. The van der Waals surface area contributed by atoms with E-state index >= 15 is 0 Å². The molecule has 1 saturated carbocycles. The number of hydrogen-bond acceptors (Lipinski definition) is 6. The molecule has 2 aliphatic rings.